The van der Waals surface area contributed by atoms with Crippen LogP contribution in [0.2, 0.25) is 0 Å². The number of likely N-dealkylation sites (tertiary alicyclic amines) is 1. The summed E-state index contributed by atoms with van der Waals surface area (Å²) in [6, 6.07) is 9.18. The number of hydrogen-bond acceptors (Lipinski definition) is 4. The van der Waals surface area contributed by atoms with Crippen LogP contribution in [0, 0.1) is 11.8 Å². The zero-order valence-electron chi connectivity index (χ0n) is 16.5. The molecule has 1 aromatic rings. The number of benzene rings is 1. The van der Waals surface area contributed by atoms with Crippen molar-refractivity contribution in [1.29, 1.82) is 0 Å². The summed E-state index contributed by atoms with van der Waals surface area (Å²) in [6.07, 6.45) is 5.02. The van der Waals surface area contributed by atoms with Crippen molar-refractivity contribution < 1.29 is 14.3 Å². The van der Waals surface area contributed by atoms with E-state index in [2.05, 4.69) is 10.2 Å². The fourth-order valence-electron chi connectivity index (χ4n) is 4.21. The molecule has 2 amide bonds. The summed E-state index contributed by atoms with van der Waals surface area (Å²) in [7, 11) is 0. The fraction of sp³-hybridized carbons (Fsp3) is 0.636. The van der Waals surface area contributed by atoms with Crippen LogP contribution in [-0.2, 0) is 9.53 Å². The molecular weight excluding hydrogens is 354 g/mol. The minimum absolute atomic E-state index is 0.0750. The van der Waals surface area contributed by atoms with Crippen LogP contribution < -0.4 is 5.32 Å². The number of carbonyl (C=O) groups excluding carboxylic acids is 2. The number of nitrogens with zero attached hydrogens (tertiary/aromatic N) is 2. The minimum atomic E-state index is -0.139. The van der Waals surface area contributed by atoms with E-state index in [1.807, 2.05) is 23.1 Å². The summed E-state index contributed by atoms with van der Waals surface area (Å²) in [5.41, 5.74) is 0.643. The van der Waals surface area contributed by atoms with Gasteiger partial charge in [-0.25, -0.2) is 0 Å². The molecule has 0 spiro atoms. The Balaban J connectivity index is 1.21. The van der Waals surface area contributed by atoms with Crippen molar-refractivity contribution in [2.24, 2.45) is 11.8 Å². The number of morpholine rings is 1. The number of piperidine rings is 1. The molecule has 1 saturated carbocycles. The Bertz CT molecular complexity index is 669. The molecule has 3 fully saturated rings. The van der Waals surface area contributed by atoms with Gasteiger partial charge in [0.25, 0.3) is 5.91 Å². The Labute approximate surface area is 167 Å². The summed E-state index contributed by atoms with van der Waals surface area (Å²) >= 11 is 0. The van der Waals surface area contributed by atoms with E-state index < -0.39 is 0 Å². The van der Waals surface area contributed by atoms with Crippen LogP contribution in [0.3, 0.4) is 0 Å². The number of hydrogen-bond donors (Lipinski definition) is 1. The lowest BCUT2D eigenvalue weighted by Crippen LogP contribution is -2.52. The fourth-order valence-corrected chi connectivity index (χ4v) is 4.21. The second-order valence-electron chi connectivity index (χ2n) is 8.50. The van der Waals surface area contributed by atoms with Crippen molar-refractivity contribution in [3.8, 4) is 0 Å². The molecule has 0 radical (unpaired) electrons. The van der Waals surface area contributed by atoms with Gasteiger partial charge in [0.2, 0.25) is 5.91 Å². The van der Waals surface area contributed by atoms with Crippen LogP contribution in [0.15, 0.2) is 30.3 Å². The monoisotopic (exact) mass is 385 g/mol. The highest BCUT2D eigenvalue weighted by Gasteiger charge is 2.31. The number of ether oxygens (including phenoxy) is 1. The molecule has 4 rings (SSSR count). The van der Waals surface area contributed by atoms with Gasteiger partial charge in [-0.3, -0.25) is 9.59 Å². The van der Waals surface area contributed by atoms with Crippen molar-refractivity contribution >= 4 is 11.8 Å². The number of nitrogens with one attached hydrogen (secondary N) is 1. The number of rotatable bonds is 7. The first kappa shape index (κ1) is 19.4. The van der Waals surface area contributed by atoms with E-state index in [1.165, 1.54) is 32.2 Å². The third-order valence-electron chi connectivity index (χ3n) is 6.14. The highest BCUT2D eigenvalue weighted by molar-refractivity contribution is 5.94. The zero-order valence-corrected chi connectivity index (χ0v) is 16.5. The molecule has 1 N–H and O–H groups in total. The van der Waals surface area contributed by atoms with Gasteiger partial charge in [0, 0.05) is 31.7 Å². The average Bonchev–Trinajstić information content (AvgIpc) is 3.54. The Morgan fingerprint density at radius 1 is 1.04 bits per heavy atom. The summed E-state index contributed by atoms with van der Waals surface area (Å²) < 4.78 is 5.65. The normalized spacial score (nSPS) is 24.4. The van der Waals surface area contributed by atoms with Crippen LogP contribution in [0.25, 0.3) is 0 Å². The van der Waals surface area contributed by atoms with Crippen LogP contribution in [0.1, 0.15) is 36.0 Å². The standard InChI is InChI=1S/C22H31N3O3/c26-21-16-28-20(12-23-22(27)19-4-2-1-3-5-19)15-25(21)14-18-8-10-24(11-9-18)13-17-6-7-17/h1-5,17-18,20H,6-16H2,(H,23,27)/t20-/m0/s1. The molecule has 28 heavy (non-hydrogen) atoms. The first-order chi connectivity index (χ1) is 13.7. The second kappa shape index (κ2) is 9.05. The maximum absolute atomic E-state index is 12.3. The topological polar surface area (TPSA) is 61.9 Å². The molecule has 3 aliphatic rings. The van der Waals surface area contributed by atoms with Crippen molar-refractivity contribution in [2.75, 3.05) is 45.9 Å². The Morgan fingerprint density at radius 2 is 1.75 bits per heavy atom. The highest BCUT2D eigenvalue weighted by Crippen LogP contribution is 2.31. The molecule has 6 heteroatoms. The van der Waals surface area contributed by atoms with E-state index in [0.29, 0.717) is 24.6 Å². The summed E-state index contributed by atoms with van der Waals surface area (Å²) in [4.78, 5) is 29.0. The van der Waals surface area contributed by atoms with Gasteiger partial charge in [-0.2, -0.15) is 0 Å². The molecule has 0 bridgehead atoms. The lowest BCUT2D eigenvalue weighted by atomic mass is 9.95. The van der Waals surface area contributed by atoms with E-state index in [4.69, 9.17) is 4.74 Å². The Hall–Kier alpha value is -1.92. The average molecular weight is 386 g/mol. The van der Waals surface area contributed by atoms with Crippen LogP contribution in [0.4, 0.5) is 0 Å². The molecule has 2 heterocycles. The van der Waals surface area contributed by atoms with E-state index in [1.54, 1.807) is 12.1 Å². The van der Waals surface area contributed by atoms with E-state index in [0.717, 1.165) is 25.6 Å². The van der Waals surface area contributed by atoms with Gasteiger partial charge in [-0.15, -0.1) is 0 Å². The van der Waals surface area contributed by atoms with Crippen LogP contribution in [0.5, 0.6) is 0 Å². The molecule has 2 saturated heterocycles. The predicted molar refractivity (Wildman–Crippen MR) is 107 cm³/mol. The number of carbonyl (C=O) groups is 2. The largest absolute Gasteiger partial charge is 0.365 e. The molecule has 1 aliphatic carbocycles. The Morgan fingerprint density at radius 3 is 2.46 bits per heavy atom. The van der Waals surface area contributed by atoms with Gasteiger partial charge in [0.1, 0.15) is 6.61 Å². The van der Waals surface area contributed by atoms with Gasteiger partial charge < -0.3 is 19.9 Å². The van der Waals surface area contributed by atoms with E-state index >= 15 is 0 Å². The molecule has 1 atom stereocenters. The summed E-state index contributed by atoms with van der Waals surface area (Å²) in [5.74, 6) is 1.50. The summed E-state index contributed by atoms with van der Waals surface area (Å²) in [6.45, 7) is 5.53. The quantitative estimate of drug-likeness (QED) is 0.777. The maximum atomic E-state index is 12.3. The van der Waals surface area contributed by atoms with Gasteiger partial charge in [0.15, 0.2) is 0 Å². The number of amides is 2. The minimum Gasteiger partial charge on any atom is -0.365 e. The molecule has 152 valence electrons. The van der Waals surface area contributed by atoms with Crippen molar-refractivity contribution in [2.45, 2.75) is 31.8 Å². The van der Waals surface area contributed by atoms with Crippen molar-refractivity contribution in [1.82, 2.24) is 15.1 Å². The smallest absolute Gasteiger partial charge is 0.251 e. The molecule has 2 aliphatic heterocycles. The first-order valence-electron chi connectivity index (χ1n) is 10.6. The van der Waals surface area contributed by atoms with Crippen LogP contribution in [-0.4, -0.2) is 73.6 Å². The first-order valence-corrected chi connectivity index (χ1v) is 10.6. The maximum Gasteiger partial charge on any atom is 0.251 e. The molecule has 6 nitrogen and oxygen atoms in total. The van der Waals surface area contributed by atoms with Crippen molar-refractivity contribution in [3.63, 3.8) is 0 Å². The summed E-state index contributed by atoms with van der Waals surface area (Å²) in [5, 5.41) is 2.93. The second-order valence-corrected chi connectivity index (χ2v) is 8.50. The SMILES string of the molecule is O=C(NC[C@H]1CN(CC2CCN(CC3CC3)CC2)C(=O)CO1)c1ccccc1. The molecular formula is C22H31N3O3. The lowest BCUT2D eigenvalue weighted by Gasteiger charge is -2.38. The van der Waals surface area contributed by atoms with Gasteiger partial charge in [-0.05, 0) is 62.7 Å². The highest BCUT2D eigenvalue weighted by atomic mass is 16.5. The third-order valence-corrected chi connectivity index (χ3v) is 6.14. The molecule has 0 aromatic heterocycles. The van der Waals surface area contributed by atoms with E-state index in [-0.39, 0.29) is 24.5 Å². The predicted octanol–water partition coefficient (Wildman–Crippen LogP) is 1.77. The van der Waals surface area contributed by atoms with Gasteiger partial charge >= 0.3 is 0 Å². The lowest BCUT2D eigenvalue weighted by molar-refractivity contribution is -0.149. The Kier molecular flexibility index (Phi) is 6.27. The van der Waals surface area contributed by atoms with Crippen molar-refractivity contribution in [3.05, 3.63) is 35.9 Å². The van der Waals surface area contributed by atoms with E-state index in [9.17, 15) is 9.59 Å². The molecule has 1 aromatic carbocycles. The third kappa shape index (κ3) is 5.32. The molecule has 0 unspecified atom stereocenters. The zero-order chi connectivity index (χ0) is 19.3. The van der Waals surface area contributed by atoms with Gasteiger partial charge in [0.05, 0.1) is 6.10 Å². The van der Waals surface area contributed by atoms with Crippen LogP contribution >= 0.6 is 0 Å². The van der Waals surface area contributed by atoms with Gasteiger partial charge in [-0.1, -0.05) is 18.2 Å².